The number of carbonyl (C=O) groups excluding carboxylic acids is 3. The molecule has 0 aromatic rings. The predicted molar refractivity (Wildman–Crippen MR) is 238 cm³/mol. The van der Waals surface area contributed by atoms with E-state index in [2.05, 4.69) is 20.8 Å². The zero-order chi connectivity index (χ0) is 40.8. The van der Waals surface area contributed by atoms with E-state index in [0.717, 1.165) is 57.8 Å². The van der Waals surface area contributed by atoms with Crippen LogP contribution >= 0.6 is 0 Å². The summed E-state index contributed by atoms with van der Waals surface area (Å²) in [5, 5.41) is 0. The van der Waals surface area contributed by atoms with Crippen LogP contribution in [0.25, 0.3) is 0 Å². The Hall–Kier alpha value is -1.59. The van der Waals surface area contributed by atoms with Crippen molar-refractivity contribution in [3.05, 3.63) is 0 Å². The molecule has 0 aliphatic rings. The van der Waals surface area contributed by atoms with Crippen molar-refractivity contribution in [2.24, 2.45) is 0 Å². The van der Waals surface area contributed by atoms with Gasteiger partial charge >= 0.3 is 17.9 Å². The van der Waals surface area contributed by atoms with E-state index in [1.807, 2.05) is 0 Å². The molecule has 6 heteroatoms. The Kier molecular flexibility index (Phi) is 44.8. The number of hydrogen-bond donors (Lipinski definition) is 0. The fourth-order valence-corrected chi connectivity index (χ4v) is 7.56. The lowest BCUT2D eigenvalue weighted by atomic mass is 10.0. The lowest BCUT2D eigenvalue weighted by Crippen LogP contribution is -2.30. The third-order valence-corrected chi connectivity index (χ3v) is 11.4. The highest BCUT2D eigenvalue weighted by atomic mass is 16.6. The maximum absolute atomic E-state index is 12.7. The molecule has 0 aliphatic carbocycles. The van der Waals surface area contributed by atoms with Crippen LogP contribution in [0.4, 0.5) is 0 Å². The van der Waals surface area contributed by atoms with E-state index in [4.69, 9.17) is 14.2 Å². The fourth-order valence-electron chi connectivity index (χ4n) is 7.56. The summed E-state index contributed by atoms with van der Waals surface area (Å²) in [4.78, 5) is 37.8. The second-order valence-electron chi connectivity index (χ2n) is 17.1. The van der Waals surface area contributed by atoms with Gasteiger partial charge in [0.2, 0.25) is 0 Å². The molecule has 332 valence electrons. The molecule has 1 atom stereocenters. The molecule has 0 fully saturated rings. The monoisotopic (exact) mass is 793 g/mol. The number of hydrogen-bond acceptors (Lipinski definition) is 6. The highest BCUT2D eigenvalue weighted by molar-refractivity contribution is 5.71. The van der Waals surface area contributed by atoms with Gasteiger partial charge in [-0.2, -0.15) is 0 Å². The molecule has 0 radical (unpaired) electrons. The highest BCUT2D eigenvalue weighted by Crippen LogP contribution is 2.16. The van der Waals surface area contributed by atoms with E-state index in [0.29, 0.717) is 19.3 Å². The second kappa shape index (κ2) is 46.1. The van der Waals surface area contributed by atoms with Gasteiger partial charge in [-0.05, 0) is 19.3 Å². The maximum atomic E-state index is 12.7. The van der Waals surface area contributed by atoms with Crippen LogP contribution < -0.4 is 0 Å². The molecule has 0 spiro atoms. The van der Waals surface area contributed by atoms with Crippen LogP contribution in [-0.4, -0.2) is 37.2 Å². The summed E-state index contributed by atoms with van der Waals surface area (Å²) in [6.07, 6.45) is 48.0. The Morgan fingerprint density at radius 2 is 0.482 bits per heavy atom. The standard InChI is InChI=1S/C50H96O6/c1-4-7-10-13-16-19-21-23-25-27-29-32-34-37-40-43-49(52)55-46-47(56-50(53)44-41-38-35-30-18-15-12-9-6-3)45-54-48(51)42-39-36-33-31-28-26-24-22-20-17-14-11-8-5-2/h47H,4-46H2,1-3H3/t47-/m1/s1. The van der Waals surface area contributed by atoms with Gasteiger partial charge in [-0.1, -0.05) is 245 Å². The molecule has 0 unspecified atom stereocenters. The number of carbonyl (C=O) groups is 3. The minimum atomic E-state index is -0.758. The van der Waals surface area contributed by atoms with Crippen LogP contribution in [0.1, 0.15) is 284 Å². The topological polar surface area (TPSA) is 78.9 Å². The van der Waals surface area contributed by atoms with E-state index < -0.39 is 6.10 Å². The summed E-state index contributed by atoms with van der Waals surface area (Å²) in [5.41, 5.74) is 0. The average molecular weight is 793 g/mol. The SMILES string of the molecule is CCCCCCCCCCCCCCCCCC(=O)OC[C@@H](COC(=O)CCCCCCCCCCCCCCCC)OC(=O)CCCCCCCCCCC. The normalized spacial score (nSPS) is 11.8. The lowest BCUT2D eigenvalue weighted by Gasteiger charge is -2.18. The van der Waals surface area contributed by atoms with Gasteiger partial charge in [-0.25, -0.2) is 0 Å². The number of ether oxygens (including phenoxy) is 3. The molecule has 0 saturated heterocycles. The third-order valence-electron chi connectivity index (χ3n) is 11.4. The van der Waals surface area contributed by atoms with Crippen molar-refractivity contribution in [3.63, 3.8) is 0 Å². The van der Waals surface area contributed by atoms with Crippen molar-refractivity contribution in [1.29, 1.82) is 0 Å². The van der Waals surface area contributed by atoms with Gasteiger partial charge in [0.15, 0.2) is 6.10 Å². The smallest absolute Gasteiger partial charge is 0.306 e. The van der Waals surface area contributed by atoms with Crippen molar-refractivity contribution < 1.29 is 28.6 Å². The van der Waals surface area contributed by atoms with Crippen molar-refractivity contribution in [2.45, 2.75) is 290 Å². The predicted octanol–water partition coefficient (Wildman–Crippen LogP) is 16.0. The summed E-state index contributed by atoms with van der Waals surface area (Å²) in [7, 11) is 0. The lowest BCUT2D eigenvalue weighted by molar-refractivity contribution is -0.167. The molecule has 56 heavy (non-hydrogen) atoms. The van der Waals surface area contributed by atoms with Gasteiger partial charge in [-0.15, -0.1) is 0 Å². The van der Waals surface area contributed by atoms with Gasteiger partial charge in [0.25, 0.3) is 0 Å². The highest BCUT2D eigenvalue weighted by Gasteiger charge is 2.19. The van der Waals surface area contributed by atoms with E-state index >= 15 is 0 Å². The maximum Gasteiger partial charge on any atom is 0.306 e. The van der Waals surface area contributed by atoms with Gasteiger partial charge in [0.05, 0.1) is 0 Å². The second-order valence-corrected chi connectivity index (χ2v) is 17.1. The molecule has 6 nitrogen and oxygen atoms in total. The summed E-state index contributed by atoms with van der Waals surface area (Å²) in [6, 6.07) is 0. The number of unbranched alkanes of at least 4 members (excludes halogenated alkanes) is 35. The minimum absolute atomic E-state index is 0.0623. The van der Waals surface area contributed by atoms with Crippen LogP contribution in [0, 0.1) is 0 Å². The zero-order valence-corrected chi connectivity index (χ0v) is 37.9. The quantitative estimate of drug-likeness (QED) is 0.0347. The molecule has 0 bridgehead atoms. The molecule has 0 rings (SSSR count). The Morgan fingerprint density at radius 3 is 0.714 bits per heavy atom. The van der Waals surface area contributed by atoms with Crippen LogP contribution in [0.15, 0.2) is 0 Å². The third kappa shape index (κ3) is 43.5. The van der Waals surface area contributed by atoms with Crippen molar-refractivity contribution in [1.82, 2.24) is 0 Å². The molecular formula is C50H96O6. The van der Waals surface area contributed by atoms with Crippen LogP contribution in [0.3, 0.4) is 0 Å². The molecule has 0 heterocycles. The van der Waals surface area contributed by atoms with Crippen LogP contribution in [0.5, 0.6) is 0 Å². The van der Waals surface area contributed by atoms with Gasteiger partial charge in [0, 0.05) is 19.3 Å². The summed E-state index contributed by atoms with van der Waals surface area (Å²) >= 11 is 0. The molecule has 0 aliphatic heterocycles. The van der Waals surface area contributed by atoms with Crippen molar-refractivity contribution in [3.8, 4) is 0 Å². The van der Waals surface area contributed by atoms with E-state index in [1.165, 1.54) is 186 Å². The fraction of sp³-hybridized carbons (Fsp3) is 0.940. The molecule has 0 saturated carbocycles. The molecule has 0 N–H and O–H groups in total. The zero-order valence-electron chi connectivity index (χ0n) is 37.9. The average Bonchev–Trinajstić information content (AvgIpc) is 3.19. The van der Waals surface area contributed by atoms with Crippen molar-refractivity contribution in [2.75, 3.05) is 13.2 Å². The summed E-state index contributed by atoms with van der Waals surface area (Å²) in [5.74, 6) is -0.846. The Balaban J connectivity index is 4.25. The molecular weight excluding hydrogens is 697 g/mol. The first-order chi connectivity index (χ1) is 27.5. The largest absolute Gasteiger partial charge is 0.462 e. The van der Waals surface area contributed by atoms with E-state index in [-0.39, 0.29) is 31.1 Å². The first kappa shape index (κ1) is 54.4. The number of rotatable bonds is 46. The molecule has 0 amide bonds. The first-order valence-electron chi connectivity index (χ1n) is 25.0. The number of esters is 3. The Labute approximate surface area is 348 Å². The molecule has 0 aromatic carbocycles. The van der Waals surface area contributed by atoms with Crippen LogP contribution in [0.2, 0.25) is 0 Å². The van der Waals surface area contributed by atoms with E-state index in [9.17, 15) is 14.4 Å². The Bertz CT molecular complexity index is 828. The summed E-state index contributed by atoms with van der Waals surface area (Å²) < 4.78 is 16.8. The summed E-state index contributed by atoms with van der Waals surface area (Å²) in [6.45, 7) is 6.66. The van der Waals surface area contributed by atoms with E-state index in [1.54, 1.807) is 0 Å². The first-order valence-corrected chi connectivity index (χ1v) is 25.0. The van der Waals surface area contributed by atoms with Crippen LogP contribution in [-0.2, 0) is 28.6 Å². The minimum Gasteiger partial charge on any atom is -0.462 e. The molecule has 0 aromatic heterocycles. The Morgan fingerprint density at radius 1 is 0.286 bits per heavy atom. The van der Waals surface area contributed by atoms with Gasteiger partial charge < -0.3 is 14.2 Å². The van der Waals surface area contributed by atoms with Gasteiger partial charge in [0.1, 0.15) is 13.2 Å². The van der Waals surface area contributed by atoms with Crippen molar-refractivity contribution >= 4 is 17.9 Å². The van der Waals surface area contributed by atoms with Gasteiger partial charge in [-0.3, -0.25) is 14.4 Å².